The maximum atomic E-state index is 12.4. The molecule has 7 nitrogen and oxygen atoms in total. The summed E-state index contributed by atoms with van der Waals surface area (Å²) < 4.78 is 26.0. The van der Waals surface area contributed by atoms with Gasteiger partial charge >= 0.3 is 5.97 Å². The number of carbonyl (C=O) groups is 1. The van der Waals surface area contributed by atoms with Crippen LogP contribution in [0.5, 0.6) is 0 Å². The third kappa shape index (κ3) is 1.86. The number of H-pyrrole nitrogens is 1. The third-order valence-corrected chi connectivity index (χ3v) is 5.99. The predicted octanol–water partition coefficient (Wildman–Crippen LogP) is 0.283. The van der Waals surface area contributed by atoms with Gasteiger partial charge in [0.2, 0.25) is 10.0 Å². The molecule has 2 heterocycles. The van der Waals surface area contributed by atoms with Gasteiger partial charge in [0, 0.05) is 12.7 Å². The molecule has 0 radical (unpaired) electrons. The highest BCUT2D eigenvalue weighted by molar-refractivity contribution is 7.89. The Hall–Kier alpha value is -1.41. The lowest BCUT2D eigenvalue weighted by molar-refractivity contribution is -0.142. The van der Waals surface area contributed by atoms with Crippen molar-refractivity contribution in [2.45, 2.75) is 30.2 Å². The second-order valence-corrected chi connectivity index (χ2v) is 7.04. The summed E-state index contributed by atoms with van der Waals surface area (Å²) in [5, 5.41) is 15.4. The van der Waals surface area contributed by atoms with Crippen LogP contribution in [0, 0.1) is 11.8 Å². The molecule has 0 bridgehead atoms. The maximum Gasteiger partial charge on any atom is 0.322 e. The summed E-state index contributed by atoms with van der Waals surface area (Å²) in [7, 11) is -3.77. The monoisotopic (exact) mass is 285 g/mol. The Bertz CT molecular complexity index is 583. The molecule has 2 aliphatic rings. The van der Waals surface area contributed by atoms with E-state index in [1.54, 1.807) is 0 Å². The number of aromatic nitrogens is 2. The smallest absolute Gasteiger partial charge is 0.322 e. The Kier molecular flexibility index (Phi) is 2.86. The Balaban J connectivity index is 1.98. The van der Waals surface area contributed by atoms with Gasteiger partial charge in [-0.15, -0.1) is 0 Å². The predicted molar refractivity (Wildman–Crippen MR) is 64.7 cm³/mol. The van der Waals surface area contributed by atoms with Crippen molar-refractivity contribution in [3.8, 4) is 0 Å². The van der Waals surface area contributed by atoms with Crippen LogP contribution in [0.15, 0.2) is 17.3 Å². The van der Waals surface area contributed by atoms with Crippen LogP contribution in [0.25, 0.3) is 0 Å². The second-order valence-electron chi connectivity index (χ2n) is 5.15. The summed E-state index contributed by atoms with van der Waals surface area (Å²) in [6.07, 6.45) is 5.17. The first-order chi connectivity index (χ1) is 9.01. The fourth-order valence-electron chi connectivity index (χ4n) is 3.34. The summed E-state index contributed by atoms with van der Waals surface area (Å²) in [6.45, 7) is 0.301. The van der Waals surface area contributed by atoms with E-state index in [0.29, 0.717) is 6.54 Å². The summed E-state index contributed by atoms with van der Waals surface area (Å²) >= 11 is 0. The number of rotatable bonds is 3. The van der Waals surface area contributed by atoms with E-state index in [1.807, 2.05) is 0 Å². The van der Waals surface area contributed by atoms with Gasteiger partial charge in [0.1, 0.15) is 10.9 Å². The highest BCUT2D eigenvalue weighted by Gasteiger charge is 2.52. The minimum atomic E-state index is -3.77. The van der Waals surface area contributed by atoms with Crippen molar-refractivity contribution < 1.29 is 18.3 Å². The number of aliphatic carboxylic acids is 1. The molecule has 0 spiro atoms. The van der Waals surface area contributed by atoms with E-state index in [0.717, 1.165) is 23.6 Å². The zero-order valence-electron chi connectivity index (χ0n) is 10.2. The van der Waals surface area contributed by atoms with E-state index in [9.17, 15) is 18.3 Å². The first kappa shape index (κ1) is 12.6. The zero-order chi connectivity index (χ0) is 13.6. The minimum Gasteiger partial charge on any atom is -0.480 e. The molecule has 1 aliphatic heterocycles. The summed E-state index contributed by atoms with van der Waals surface area (Å²) in [5.41, 5.74) is 0. The van der Waals surface area contributed by atoms with Crippen molar-refractivity contribution >= 4 is 16.0 Å². The summed E-state index contributed by atoms with van der Waals surface area (Å²) in [5.74, 6) is -0.941. The Labute approximate surface area is 110 Å². The lowest BCUT2D eigenvalue weighted by atomic mass is 9.94. The zero-order valence-corrected chi connectivity index (χ0v) is 11.0. The summed E-state index contributed by atoms with van der Waals surface area (Å²) in [4.78, 5) is 11.5. The number of carboxylic acids is 1. The van der Waals surface area contributed by atoms with Gasteiger partial charge in [0.05, 0.1) is 6.20 Å². The maximum absolute atomic E-state index is 12.4. The van der Waals surface area contributed by atoms with E-state index in [-0.39, 0.29) is 16.7 Å². The van der Waals surface area contributed by atoms with Crippen LogP contribution in [-0.4, -0.2) is 46.6 Å². The molecule has 3 atom stereocenters. The fourth-order valence-corrected chi connectivity index (χ4v) is 4.93. The molecular formula is C11H15N3O4S. The first-order valence-electron chi connectivity index (χ1n) is 6.25. The van der Waals surface area contributed by atoms with Crippen molar-refractivity contribution in [3.63, 3.8) is 0 Å². The van der Waals surface area contributed by atoms with E-state index in [1.165, 1.54) is 12.4 Å². The molecule has 1 saturated carbocycles. The first-order valence-corrected chi connectivity index (χ1v) is 7.69. The normalized spacial score (nSPS) is 31.5. The lowest BCUT2D eigenvalue weighted by Crippen LogP contribution is -2.43. The molecule has 1 aromatic heterocycles. The van der Waals surface area contributed by atoms with Crippen LogP contribution in [0.2, 0.25) is 0 Å². The number of fused-ring (bicyclic) bond motifs is 1. The van der Waals surface area contributed by atoms with Gasteiger partial charge in [-0.3, -0.25) is 9.89 Å². The van der Waals surface area contributed by atoms with Gasteiger partial charge in [0.25, 0.3) is 0 Å². The summed E-state index contributed by atoms with van der Waals surface area (Å²) in [6, 6.07) is -0.938. The quantitative estimate of drug-likeness (QED) is 0.830. The van der Waals surface area contributed by atoms with E-state index in [2.05, 4.69) is 10.2 Å². The average molecular weight is 285 g/mol. The Morgan fingerprint density at radius 1 is 1.47 bits per heavy atom. The molecule has 3 rings (SSSR count). The standard InChI is InChI=1S/C11H15N3O4S/c15-11(16)10-9-3-1-2-7(9)6-14(10)19(17,18)8-4-12-13-5-8/h4-5,7,9-10H,1-3,6H2,(H,12,13)(H,15,16). The third-order valence-electron chi connectivity index (χ3n) is 4.18. The number of nitrogens with zero attached hydrogens (tertiary/aromatic N) is 2. The van der Waals surface area contributed by atoms with Crippen LogP contribution in [-0.2, 0) is 14.8 Å². The molecule has 1 aliphatic carbocycles. The van der Waals surface area contributed by atoms with E-state index >= 15 is 0 Å². The van der Waals surface area contributed by atoms with Gasteiger partial charge in [-0.25, -0.2) is 8.42 Å². The molecule has 2 fully saturated rings. The lowest BCUT2D eigenvalue weighted by Gasteiger charge is -2.22. The number of aromatic amines is 1. The number of sulfonamides is 1. The van der Waals surface area contributed by atoms with Crippen molar-refractivity contribution in [2.24, 2.45) is 11.8 Å². The van der Waals surface area contributed by atoms with Crippen molar-refractivity contribution in [1.82, 2.24) is 14.5 Å². The fraction of sp³-hybridized carbons (Fsp3) is 0.636. The van der Waals surface area contributed by atoms with Crippen LogP contribution < -0.4 is 0 Å². The SMILES string of the molecule is O=C(O)C1C2CCCC2CN1S(=O)(=O)c1cn[nH]c1. The van der Waals surface area contributed by atoms with Crippen molar-refractivity contribution in [2.75, 3.05) is 6.54 Å². The average Bonchev–Trinajstić information content (AvgIpc) is 3.04. The van der Waals surface area contributed by atoms with Gasteiger partial charge in [-0.1, -0.05) is 6.42 Å². The number of carboxylic acid groups (broad SMARTS) is 1. The molecule has 104 valence electrons. The highest BCUT2D eigenvalue weighted by Crippen LogP contribution is 2.44. The largest absolute Gasteiger partial charge is 0.480 e. The second kappa shape index (κ2) is 4.31. The topological polar surface area (TPSA) is 103 Å². The van der Waals surface area contributed by atoms with Crippen LogP contribution in [0.1, 0.15) is 19.3 Å². The Morgan fingerprint density at radius 3 is 2.89 bits per heavy atom. The number of nitrogens with one attached hydrogen (secondary N) is 1. The molecule has 1 saturated heterocycles. The van der Waals surface area contributed by atoms with Gasteiger partial charge in [0.15, 0.2) is 0 Å². The van der Waals surface area contributed by atoms with E-state index in [4.69, 9.17) is 0 Å². The molecular weight excluding hydrogens is 270 g/mol. The molecule has 1 aromatic rings. The molecule has 0 aromatic carbocycles. The molecule has 8 heteroatoms. The van der Waals surface area contributed by atoms with Crippen LogP contribution in [0.4, 0.5) is 0 Å². The number of hydrogen-bond donors (Lipinski definition) is 2. The van der Waals surface area contributed by atoms with Crippen LogP contribution in [0.3, 0.4) is 0 Å². The molecule has 0 amide bonds. The minimum absolute atomic E-state index is 0.0266. The Morgan fingerprint density at radius 2 is 2.26 bits per heavy atom. The van der Waals surface area contributed by atoms with E-state index < -0.39 is 22.0 Å². The van der Waals surface area contributed by atoms with Gasteiger partial charge < -0.3 is 5.11 Å². The molecule has 19 heavy (non-hydrogen) atoms. The van der Waals surface area contributed by atoms with Crippen LogP contribution >= 0.6 is 0 Å². The van der Waals surface area contributed by atoms with Crippen molar-refractivity contribution in [1.29, 1.82) is 0 Å². The molecule has 2 N–H and O–H groups in total. The molecule has 3 unspecified atom stereocenters. The van der Waals surface area contributed by atoms with Gasteiger partial charge in [-0.05, 0) is 24.7 Å². The van der Waals surface area contributed by atoms with Crippen molar-refractivity contribution in [3.05, 3.63) is 12.4 Å². The highest BCUT2D eigenvalue weighted by atomic mass is 32.2. The number of hydrogen-bond acceptors (Lipinski definition) is 4. The van der Waals surface area contributed by atoms with Gasteiger partial charge in [-0.2, -0.15) is 9.40 Å².